The van der Waals surface area contributed by atoms with Crippen molar-refractivity contribution in [2.24, 2.45) is 0 Å². The van der Waals surface area contributed by atoms with E-state index in [4.69, 9.17) is 4.42 Å². The van der Waals surface area contributed by atoms with E-state index in [0.717, 1.165) is 5.76 Å². The second kappa shape index (κ2) is 6.30. The molecule has 0 spiro atoms. The lowest BCUT2D eigenvalue weighted by Crippen LogP contribution is -1.65. The Labute approximate surface area is 79.8 Å². The first kappa shape index (κ1) is 9.85. The zero-order chi connectivity index (χ0) is 9.36. The van der Waals surface area contributed by atoms with Crippen LogP contribution in [0.2, 0.25) is 0 Å². The molecule has 70 valence electrons. The summed E-state index contributed by atoms with van der Waals surface area (Å²) in [4.78, 5) is 0. The van der Waals surface area contributed by atoms with Gasteiger partial charge in [-0.2, -0.15) is 0 Å². The summed E-state index contributed by atoms with van der Waals surface area (Å²) in [5.74, 6) is 0.903. The summed E-state index contributed by atoms with van der Waals surface area (Å²) in [5.41, 5.74) is 0. The molecule has 1 rings (SSSR count). The van der Waals surface area contributed by atoms with Crippen LogP contribution in [0.15, 0.2) is 41.0 Å². The lowest BCUT2D eigenvalue weighted by atomic mass is 10.2. The predicted molar refractivity (Wildman–Crippen MR) is 56.4 cm³/mol. The molecule has 13 heavy (non-hydrogen) atoms. The molecule has 0 bridgehead atoms. The molecule has 1 aromatic heterocycles. The van der Waals surface area contributed by atoms with Gasteiger partial charge in [0.15, 0.2) is 0 Å². The first-order valence-corrected chi connectivity index (χ1v) is 4.80. The molecule has 1 aromatic rings. The van der Waals surface area contributed by atoms with Gasteiger partial charge in [-0.25, -0.2) is 0 Å². The molecule has 1 heterocycles. The van der Waals surface area contributed by atoms with E-state index in [-0.39, 0.29) is 0 Å². The minimum absolute atomic E-state index is 0.903. The summed E-state index contributed by atoms with van der Waals surface area (Å²) in [6.07, 6.45) is 13.6. The third-order valence-corrected chi connectivity index (χ3v) is 1.78. The summed E-state index contributed by atoms with van der Waals surface area (Å²) in [5, 5.41) is 0. The summed E-state index contributed by atoms with van der Waals surface area (Å²) >= 11 is 0. The fourth-order valence-electron chi connectivity index (χ4n) is 1.03. The van der Waals surface area contributed by atoms with Crippen LogP contribution in [0.25, 0.3) is 6.08 Å². The Morgan fingerprint density at radius 2 is 2.31 bits per heavy atom. The second-order valence-corrected chi connectivity index (χ2v) is 2.94. The maximum absolute atomic E-state index is 5.14. The largest absolute Gasteiger partial charge is 0.465 e. The van der Waals surface area contributed by atoms with Crippen LogP contribution in [0.1, 0.15) is 31.9 Å². The average molecular weight is 176 g/mol. The molecule has 0 amide bonds. The van der Waals surface area contributed by atoms with Crippen molar-refractivity contribution in [2.45, 2.75) is 26.2 Å². The summed E-state index contributed by atoms with van der Waals surface area (Å²) < 4.78 is 5.14. The normalized spacial score (nSPS) is 11.8. The number of rotatable bonds is 5. The van der Waals surface area contributed by atoms with Crippen molar-refractivity contribution >= 4 is 6.08 Å². The maximum atomic E-state index is 5.14. The van der Waals surface area contributed by atoms with Crippen molar-refractivity contribution in [1.82, 2.24) is 0 Å². The van der Waals surface area contributed by atoms with Gasteiger partial charge in [0.1, 0.15) is 5.76 Å². The van der Waals surface area contributed by atoms with E-state index < -0.39 is 0 Å². The van der Waals surface area contributed by atoms with Crippen LogP contribution in [0.5, 0.6) is 0 Å². The number of hydrogen-bond donors (Lipinski definition) is 0. The lowest BCUT2D eigenvalue weighted by molar-refractivity contribution is 0.557. The molecule has 0 aliphatic carbocycles. The van der Waals surface area contributed by atoms with Gasteiger partial charge in [0.25, 0.3) is 0 Å². The lowest BCUT2D eigenvalue weighted by Gasteiger charge is -1.85. The maximum Gasteiger partial charge on any atom is 0.126 e. The van der Waals surface area contributed by atoms with Crippen LogP contribution >= 0.6 is 0 Å². The van der Waals surface area contributed by atoms with Crippen molar-refractivity contribution in [1.29, 1.82) is 0 Å². The van der Waals surface area contributed by atoms with Crippen LogP contribution < -0.4 is 0 Å². The van der Waals surface area contributed by atoms with E-state index >= 15 is 0 Å². The fourth-order valence-corrected chi connectivity index (χ4v) is 1.03. The van der Waals surface area contributed by atoms with Crippen molar-refractivity contribution in [2.75, 3.05) is 0 Å². The highest BCUT2D eigenvalue weighted by atomic mass is 16.3. The molecule has 1 heteroatoms. The molecular formula is C12H16O. The third kappa shape index (κ3) is 4.36. The molecule has 1 nitrogen and oxygen atoms in total. The highest BCUT2D eigenvalue weighted by Gasteiger charge is 1.83. The van der Waals surface area contributed by atoms with E-state index in [1.165, 1.54) is 19.3 Å². The van der Waals surface area contributed by atoms with Gasteiger partial charge in [-0.05, 0) is 24.6 Å². The van der Waals surface area contributed by atoms with Crippen molar-refractivity contribution in [3.05, 3.63) is 42.4 Å². The summed E-state index contributed by atoms with van der Waals surface area (Å²) in [6, 6.07) is 3.83. The van der Waals surface area contributed by atoms with Crippen LogP contribution in [0.4, 0.5) is 0 Å². The second-order valence-electron chi connectivity index (χ2n) is 2.94. The van der Waals surface area contributed by atoms with Gasteiger partial charge in [0.2, 0.25) is 0 Å². The Hall–Kier alpha value is -1.24. The minimum Gasteiger partial charge on any atom is -0.465 e. The molecule has 0 radical (unpaired) electrons. The van der Waals surface area contributed by atoms with Gasteiger partial charge in [0.05, 0.1) is 6.26 Å². The van der Waals surface area contributed by atoms with Gasteiger partial charge in [-0.3, -0.25) is 0 Å². The molecule has 0 unspecified atom stereocenters. The average Bonchev–Trinajstić information content (AvgIpc) is 2.63. The molecular weight excluding hydrogens is 160 g/mol. The molecule has 0 aromatic carbocycles. The Balaban J connectivity index is 2.22. The highest BCUT2D eigenvalue weighted by Crippen LogP contribution is 2.02. The highest BCUT2D eigenvalue weighted by molar-refractivity contribution is 5.44. The van der Waals surface area contributed by atoms with E-state index in [1.807, 2.05) is 24.3 Å². The van der Waals surface area contributed by atoms with E-state index in [9.17, 15) is 0 Å². The van der Waals surface area contributed by atoms with E-state index in [0.29, 0.717) is 0 Å². The van der Waals surface area contributed by atoms with Gasteiger partial charge in [-0.15, -0.1) is 0 Å². The summed E-state index contributed by atoms with van der Waals surface area (Å²) in [6.45, 7) is 2.20. The van der Waals surface area contributed by atoms with Gasteiger partial charge in [-0.1, -0.05) is 38.0 Å². The van der Waals surface area contributed by atoms with E-state index in [2.05, 4.69) is 19.1 Å². The topological polar surface area (TPSA) is 13.1 Å². The van der Waals surface area contributed by atoms with Gasteiger partial charge >= 0.3 is 0 Å². The van der Waals surface area contributed by atoms with Crippen LogP contribution in [0.3, 0.4) is 0 Å². The molecule has 0 aliphatic rings. The quantitative estimate of drug-likeness (QED) is 0.487. The first-order valence-electron chi connectivity index (χ1n) is 4.80. The van der Waals surface area contributed by atoms with Crippen LogP contribution in [-0.2, 0) is 0 Å². The summed E-state index contributed by atoms with van der Waals surface area (Å²) in [7, 11) is 0. The molecule has 0 fully saturated rings. The number of unbranched alkanes of at least 4 members (excludes halogenated alkanes) is 2. The number of hydrogen-bond acceptors (Lipinski definition) is 1. The van der Waals surface area contributed by atoms with Crippen molar-refractivity contribution < 1.29 is 4.42 Å². The Morgan fingerprint density at radius 3 is 3.00 bits per heavy atom. The van der Waals surface area contributed by atoms with Crippen LogP contribution in [0, 0.1) is 0 Å². The van der Waals surface area contributed by atoms with Gasteiger partial charge in [0, 0.05) is 0 Å². The zero-order valence-corrected chi connectivity index (χ0v) is 8.07. The van der Waals surface area contributed by atoms with E-state index in [1.54, 1.807) is 6.26 Å². The first-order chi connectivity index (χ1) is 6.43. The SMILES string of the molecule is CCCCC=CC=Cc1ccco1. The molecule has 0 saturated heterocycles. The Kier molecular flexibility index (Phi) is 4.77. The Morgan fingerprint density at radius 1 is 1.38 bits per heavy atom. The number of furan rings is 1. The van der Waals surface area contributed by atoms with Gasteiger partial charge < -0.3 is 4.42 Å². The zero-order valence-electron chi connectivity index (χ0n) is 8.07. The van der Waals surface area contributed by atoms with Crippen molar-refractivity contribution in [3.8, 4) is 0 Å². The van der Waals surface area contributed by atoms with Crippen molar-refractivity contribution in [3.63, 3.8) is 0 Å². The third-order valence-electron chi connectivity index (χ3n) is 1.78. The number of allylic oxidation sites excluding steroid dienone is 3. The van der Waals surface area contributed by atoms with Crippen LogP contribution in [-0.4, -0.2) is 0 Å². The molecule has 0 N–H and O–H groups in total. The molecule has 0 atom stereocenters. The molecule has 0 aliphatic heterocycles. The Bertz CT molecular complexity index is 255. The smallest absolute Gasteiger partial charge is 0.126 e. The minimum atomic E-state index is 0.903. The monoisotopic (exact) mass is 176 g/mol. The fraction of sp³-hybridized carbons (Fsp3) is 0.333. The standard InChI is InChI=1S/C12H16O/c1-2-3-4-5-6-7-9-12-10-8-11-13-12/h5-11H,2-4H2,1H3. The predicted octanol–water partition coefficient (Wildman–Crippen LogP) is 4.04. The molecule has 0 saturated carbocycles.